The minimum atomic E-state index is -0.239. The fraction of sp³-hybridized carbons (Fsp3) is 0.125. The molecule has 0 atom stereocenters. The predicted octanol–water partition coefficient (Wildman–Crippen LogP) is 3.62. The summed E-state index contributed by atoms with van der Waals surface area (Å²) in [4.78, 5) is 12.9. The van der Waals surface area contributed by atoms with Crippen molar-refractivity contribution in [1.82, 2.24) is 5.43 Å². The molecule has 0 radical (unpaired) electrons. The van der Waals surface area contributed by atoms with Gasteiger partial charge in [0.1, 0.15) is 0 Å². The van der Waals surface area contributed by atoms with E-state index in [-0.39, 0.29) is 12.5 Å². The fourth-order valence-corrected chi connectivity index (χ4v) is 2.30. The van der Waals surface area contributed by atoms with E-state index >= 15 is 0 Å². The van der Waals surface area contributed by atoms with E-state index in [1.807, 2.05) is 48.7 Å². The second kappa shape index (κ2) is 8.46. The lowest BCUT2D eigenvalue weighted by molar-refractivity contribution is -0.119. The molecule has 4 nitrogen and oxygen atoms in total. The van der Waals surface area contributed by atoms with Crippen LogP contribution in [0, 0.1) is 0 Å². The number of carbonyl (C=O) groups excluding carboxylic acids is 1. The molecule has 0 bridgehead atoms. The second-order valence-corrected chi connectivity index (χ2v) is 5.69. The zero-order valence-corrected chi connectivity index (χ0v) is 13.6. The lowest BCUT2D eigenvalue weighted by atomic mass is 10.2. The van der Waals surface area contributed by atoms with E-state index in [9.17, 15) is 4.79 Å². The molecule has 2 N–H and O–H groups in total. The van der Waals surface area contributed by atoms with E-state index in [1.165, 1.54) is 4.90 Å². The number of carbonyl (C=O) groups is 1. The highest BCUT2D eigenvalue weighted by Gasteiger charge is 2.02. The van der Waals surface area contributed by atoms with Crippen LogP contribution in [0.4, 0.5) is 5.69 Å². The molecule has 0 aromatic heterocycles. The number of amides is 1. The average molecular weight is 334 g/mol. The van der Waals surface area contributed by atoms with E-state index in [0.29, 0.717) is 5.02 Å². The van der Waals surface area contributed by atoms with Gasteiger partial charge < -0.3 is 5.32 Å². The van der Waals surface area contributed by atoms with Crippen molar-refractivity contribution in [2.75, 3.05) is 18.1 Å². The molecular formula is C16H16ClN3OS. The molecule has 0 fully saturated rings. The van der Waals surface area contributed by atoms with Gasteiger partial charge in [0.15, 0.2) is 0 Å². The van der Waals surface area contributed by atoms with Crippen molar-refractivity contribution in [3.8, 4) is 0 Å². The normalized spacial score (nSPS) is 10.6. The SMILES string of the molecule is CSc1ccc(/C=N\NC(=O)CNc2ccccc2Cl)cc1. The van der Waals surface area contributed by atoms with Gasteiger partial charge in [0.2, 0.25) is 0 Å². The van der Waals surface area contributed by atoms with Gasteiger partial charge in [0.05, 0.1) is 23.5 Å². The van der Waals surface area contributed by atoms with Crippen LogP contribution in [0.3, 0.4) is 0 Å². The van der Waals surface area contributed by atoms with Gasteiger partial charge in [-0.25, -0.2) is 5.43 Å². The highest BCUT2D eigenvalue weighted by atomic mass is 35.5. The number of anilines is 1. The number of rotatable bonds is 6. The first-order chi connectivity index (χ1) is 10.7. The first-order valence-corrected chi connectivity index (χ1v) is 8.23. The molecule has 2 aromatic rings. The van der Waals surface area contributed by atoms with Gasteiger partial charge in [-0.2, -0.15) is 5.10 Å². The molecule has 1 amide bonds. The van der Waals surface area contributed by atoms with E-state index in [1.54, 1.807) is 24.0 Å². The Morgan fingerprint density at radius 1 is 1.23 bits per heavy atom. The first kappa shape index (κ1) is 16.4. The Kier molecular flexibility index (Phi) is 6.30. The van der Waals surface area contributed by atoms with Crippen LogP contribution in [0.15, 0.2) is 58.5 Å². The Morgan fingerprint density at radius 2 is 1.95 bits per heavy atom. The van der Waals surface area contributed by atoms with Gasteiger partial charge >= 0.3 is 0 Å². The topological polar surface area (TPSA) is 53.5 Å². The van der Waals surface area contributed by atoms with Crippen LogP contribution in [0.1, 0.15) is 5.56 Å². The maximum Gasteiger partial charge on any atom is 0.259 e. The van der Waals surface area contributed by atoms with Gasteiger partial charge in [0, 0.05) is 4.90 Å². The van der Waals surface area contributed by atoms with Crippen molar-refractivity contribution < 1.29 is 4.79 Å². The highest BCUT2D eigenvalue weighted by Crippen LogP contribution is 2.19. The molecule has 0 heterocycles. The Balaban J connectivity index is 1.79. The summed E-state index contributed by atoms with van der Waals surface area (Å²) in [5, 5.41) is 7.46. The number of hydrogen-bond donors (Lipinski definition) is 2. The van der Waals surface area contributed by atoms with Crippen LogP contribution >= 0.6 is 23.4 Å². The minimum Gasteiger partial charge on any atom is -0.375 e. The van der Waals surface area contributed by atoms with Gasteiger partial charge in [0.25, 0.3) is 5.91 Å². The summed E-state index contributed by atoms with van der Waals surface area (Å²) in [5.41, 5.74) is 4.12. The van der Waals surface area contributed by atoms with E-state index in [0.717, 1.165) is 11.3 Å². The number of hydrogen-bond acceptors (Lipinski definition) is 4. The van der Waals surface area contributed by atoms with Gasteiger partial charge in [-0.3, -0.25) is 4.79 Å². The molecule has 0 aliphatic heterocycles. The first-order valence-electron chi connectivity index (χ1n) is 6.63. The molecule has 2 aromatic carbocycles. The number of thioether (sulfide) groups is 1. The third kappa shape index (κ3) is 5.09. The summed E-state index contributed by atoms with van der Waals surface area (Å²) in [6.07, 6.45) is 3.63. The van der Waals surface area contributed by atoms with Gasteiger partial charge in [-0.05, 0) is 36.1 Å². The van der Waals surface area contributed by atoms with Crippen LogP contribution in [0.2, 0.25) is 5.02 Å². The van der Waals surface area contributed by atoms with Crippen molar-refractivity contribution in [3.63, 3.8) is 0 Å². The molecule has 6 heteroatoms. The maximum atomic E-state index is 11.7. The monoisotopic (exact) mass is 333 g/mol. The summed E-state index contributed by atoms with van der Waals surface area (Å²) in [6, 6.07) is 15.2. The van der Waals surface area contributed by atoms with E-state index < -0.39 is 0 Å². The van der Waals surface area contributed by atoms with Crippen molar-refractivity contribution in [2.24, 2.45) is 5.10 Å². The number of benzene rings is 2. The van der Waals surface area contributed by atoms with Gasteiger partial charge in [-0.1, -0.05) is 35.9 Å². The Morgan fingerprint density at radius 3 is 2.64 bits per heavy atom. The van der Waals surface area contributed by atoms with E-state index in [2.05, 4.69) is 15.8 Å². The number of nitrogens with one attached hydrogen (secondary N) is 2. The minimum absolute atomic E-state index is 0.104. The lowest BCUT2D eigenvalue weighted by Crippen LogP contribution is -2.25. The summed E-state index contributed by atoms with van der Waals surface area (Å²) in [6.45, 7) is 0.104. The third-order valence-electron chi connectivity index (χ3n) is 2.83. The van der Waals surface area contributed by atoms with Crippen LogP contribution in [-0.2, 0) is 4.79 Å². The quantitative estimate of drug-likeness (QED) is 0.482. The molecule has 0 aliphatic rings. The smallest absolute Gasteiger partial charge is 0.259 e. The third-order valence-corrected chi connectivity index (χ3v) is 3.91. The molecular weight excluding hydrogens is 318 g/mol. The molecule has 0 saturated carbocycles. The maximum absolute atomic E-state index is 11.7. The standard InChI is InChI=1S/C16H16ClN3OS/c1-22-13-8-6-12(7-9-13)10-19-20-16(21)11-18-15-5-3-2-4-14(15)17/h2-10,18H,11H2,1H3,(H,20,21)/b19-10-. The number of nitrogens with zero attached hydrogens (tertiary/aromatic N) is 1. The second-order valence-electron chi connectivity index (χ2n) is 4.40. The van der Waals surface area contributed by atoms with Crippen molar-refractivity contribution in [1.29, 1.82) is 0 Å². The number of halogens is 1. The number of hydrazone groups is 1. The number of para-hydroxylation sites is 1. The van der Waals surface area contributed by atoms with Gasteiger partial charge in [-0.15, -0.1) is 11.8 Å². The van der Waals surface area contributed by atoms with Crippen LogP contribution < -0.4 is 10.7 Å². The van der Waals surface area contributed by atoms with Crippen LogP contribution in [-0.4, -0.2) is 24.9 Å². The molecule has 0 saturated heterocycles. The molecule has 0 spiro atoms. The summed E-state index contributed by atoms with van der Waals surface area (Å²) in [5.74, 6) is -0.239. The molecule has 0 aliphatic carbocycles. The van der Waals surface area contributed by atoms with Crippen molar-refractivity contribution in [3.05, 3.63) is 59.1 Å². The summed E-state index contributed by atoms with van der Waals surface area (Å²) in [7, 11) is 0. The Hall–Kier alpha value is -1.98. The van der Waals surface area contributed by atoms with Crippen molar-refractivity contribution in [2.45, 2.75) is 4.90 Å². The Bertz CT molecular complexity index is 659. The summed E-state index contributed by atoms with van der Waals surface area (Å²) >= 11 is 7.67. The molecule has 0 unspecified atom stereocenters. The highest BCUT2D eigenvalue weighted by molar-refractivity contribution is 7.98. The zero-order chi connectivity index (χ0) is 15.8. The average Bonchev–Trinajstić information content (AvgIpc) is 2.55. The molecule has 22 heavy (non-hydrogen) atoms. The largest absolute Gasteiger partial charge is 0.375 e. The zero-order valence-electron chi connectivity index (χ0n) is 12.0. The summed E-state index contributed by atoms with van der Waals surface area (Å²) < 4.78 is 0. The van der Waals surface area contributed by atoms with Crippen LogP contribution in [0.5, 0.6) is 0 Å². The van der Waals surface area contributed by atoms with E-state index in [4.69, 9.17) is 11.6 Å². The fourth-order valence-electron chi connectivity index (χ4n) is 1.69. The molecule has 2 rings (SSSR count). The molecule has 114 valence electrons. The van der Waals surface area contributed by atoms with Crippen LogP contribution in [0.25, 0.3) is 0 Å². The lowest BCUT2D eigenvalue weighted by Gasteiger charge is -2.06. The predicted molar refractivity (Wildman–Crippen MR) is 93.9 cm³/mol. The Labute approximate surface area is 139 Å². The van der Waals surface area contributed by atoms with Crippen molar-refractivity contribution >= 4 is 41.2 Å².